The third-order valence-corrected chi connectivity index (χ3v) is 0.388. The zero-order valence-corrected chi connectivity index (χ0v) is 3.72. The van der Waals surface area contributed by atoms with Crippen LogP contribution in [0.15, 0.2) is 0 Å². The summed E-state index contributed by atoms with van der Waals surface area (Å²) in [5, 5.41) is 18.0. The Bertz CT molecular complexity index is 67.5. The lowest BCUT2D eigenvalue weighted by Gasteiger charge is -1.90. The van der Waals surface area contributed by atoms with Gasteiger partial charge < -0.3 is 10.2 Å². The zero-order valence-electron chi connectivity index (χ0n) is 3.72. The van der Waals surface area contributed by atoms with Crippen molar-refractivity contribution in [3.8, 4) is 0 Å². The van der Waals surface area contributed by atoms with Gasteiger partial charge in [-0.3, -0.25) is 10.1 Å². The van der Waals surface area contributed by atoms with Gasteiger partial charge in [0.25, 0.3) is 0 Å². The minimum Gasteiger partial charge on any atom is -0.480 e. The number of carbonyl (C=O) groups is 1. The molecule has 0 atom stereocenters. The summed E-state index contributed by atoms with van der Waals surface area (Å²) < 4.78 is 0. The van der Waals surface area contributed by atoms with Gasteiger partial charge >= 0.3 is 5.97 Å². The number of aliphatic hydroxyl groups is 1. The van der Waals surface area contributed by atoms with Crippen molar-refractivity contribution in [2.45, 2.75) is 0 Å². The highest BCUT2D eigenvalue weighted by atomic mass is 27.0. The number of nitrogens with one attached hydrogen (secondary N) is 1. The van der Waals surface area contributed by atoms with Crippen molar-refractivity contribution in [3.63, 3.8) is 0 Å². The van der Waals surface area contributed by atoms with Crippen LogP contribution in [-0.4, -0.2) is 46.8 Å². The summed E-state index contributed by atoms with van der Waals surface area (Å²) in [5.74, 6) is -0.964. The van der Waals surface area contributed by atoms with Gasteiger partial charge in [-0.2, -0.15) is 0 Å². The maximum atomic E-state index is 9.58. The Hall–Kier alpha value is -0.0775. The number of carboxylic acid groups (broad SMARTS) is 1. The molecule has 0 aliphatic rings. The van der Waals surface area contributed by atoms with E-state index in [2.05, 4.69) is 5.32 Å². The summed E-state index contributed by atoms with van der Waals surface area (Å²) in [6, 6.07) is 0. The van der Waals surface area contributed by atoms with Crippen LogP contribution in [0.25, 0.3) is 0 Å². The van der Waals surface area contributed by atoms with Crippen LogP contribution in [0.5, 0.6) is 0 Å². The molecule has 0 unspecified atom stereocenters. The number of aliphatic carboxylic acids is 1. The van der Waals surface area contributed by atoms with Crippen molar-refractivity contribution in [3.05, 3.63) is 0 Å². The van der Waals surface area contributed by atoms with Gasteiger partial charge in [0, 0.05) is 0 Å². The Balaban J connectivity index is 0. The van der Waals surface area contributed by atoms with Gasteiger partial charge in [0.1, 0.15) is 0 Å². The van der Waals surface area contributed by atoms with Crippen molar-refractivity contribution in [1.29, 1.82) is 0 Å². The minimum atomic E-state index is -0.964. The van der Waals surface area contributed by atoms with E-state index >= 15 is 0 Å². The minimum absolute atomic E-state index is 0. The van der Waals surface area contributed by atoms with Crippen LogP contribution in [0.2, 0.25) is 0 Å². The SMILES string of the molecule is O=C(O)CNCO.[AlH3]. The molecule has 8 heavy (non-hydrogen) atoms. The number of aliphatic hydroxyl groups excluding tert-OH is 1. The largest absolute Gasteiger partial charge is 0.480 e. The molecule has 4 nitrogen and oxygen atoms in total. The third kappa shape index (κ3) is 9.33. The number of carboxylic acids is 1. The molecular weight excluding hydrogens is 125 g/mol. The first-order chi connectivity index (χ1) is 3.27. The van der Waals surface area contributed by atoms with Gasteiger partial charge in [-0.25, -0.2) is 0 Å². The second kappa shape index (κ2) is 6.92. The Morgan fingerprint density at radius 1 is 1.62 bits per heavy atom. The summed E-state index contributed by atoms with van der Waals surface area (Å²) in [6.45, 7) is -0.469. The fourth-order valence-corrected chi connectivity index (χ4v) is 0.163. The van der Waals surface area contributed by atoms with Crippen molar-refractivity contribution in [2.24, 2.45) is 0 Å². The monoisotopic (exact) mass is 135 g/mol. The molecule has 0 fully saturated rings. The molecule has 48 valence electrons. The first-order valence-electron chi connectivity index (χ1n) is 1.80. The molecule has 5 heteroatoms. The molecule has 0 saturated carbocycles. The second-order valence-electron chi connectivity index (χ2n) is 0.979. The molecule has 3 N–H and O–H groups in total. The molecule has 0 radical (unpaired) electrons. The average Bonchev–Trinajstić information content (AvgIpc) is 1.61. The predicted octanol–water partition coefficient (Wildman–Crippen LogP) is -2.57. The van der Waals surface area contributed by atoms with Crippen LogP contribution in [0.1, 0.15) is 0 Å². The molecule has 0 aliphatic carbocycles. The summed E-state index contributed by atoms with van der Waals surface area (Å²) in [4.78, 5) is 9.58. The van der Waals surface area contributed by atoms with Gasteiger partial charge in [-0.05, 0) is 0 Å². The van der Waals surface area contributed by atoms with Crippen molar-refractivity contribution in [2.75, 3.05) is 13.3 Å². The quantitative estimate of drug-likeness (QED) is 0.294. The van der Waals surface area contributed by atoms with Crippen LogP contribution in [0, 0.1) is 0 Å². The summed E-state index contributed by atoms with van der Waals surface area (Å²) >= 11 is 0. The molecule has 0 bridgehead atoms. The highest BCUT2D eigenvalue weighted by Crippen LogP contribution is 1.54. The maximum Gasteiger partial charge on any atom is 0.317 e. The Labute approximate surface area is 57.6 Å². The molecule has 0 aromatic heterocycles. The molecule has 0 aliphatic heterocycles. The predicted molar refractivity (Wildman–Crippen MR) is 32.7 cm³/mol. The third-order valence-electron chi connectivity index (χ3n) is 0.388. The van der Waals surface area contributed by atoms with Crippen LogP contribution >= 0.6 is 0 Å². The van der Waals surface area contributed by atoms with E-state index in [1.54, 1.807) is 0 Å². The van der Waals surface area contributed by atoms with Gasteiger partial charge in [0.05, 0.1) is 13.3 Å². The van der Waals surface area contributed by atoms with Crippen LogP contribution in [0.4, 0.5) is 0 Å². The van der Waals surface area contributed by atoms with Crippen LogP contribution in [0.3, 0.4) is 0 Å². The van der Waals surface area contributed by atoms with Crippen LogP contribution in [-0.2, 0) is 4.79 Å². The normalized spacial score (nSPS) is 7.62. The topological polar surface area (TPSA) is 69.6 Å². The lowest BCUT2D eigenvalue weighted by molar-refractivity contribution is -0.136. The molecule has 0 amide bonds. The zero-order chi connectivity index (χ0) is 5.70. The molecule has 0 heterocycles. The van der Waals surface area contributed by atoms with E-state index < -0.39 is 5.97 Å². The molecule has 0 saturated heterocycles. The molecule has 0 spiro atoms. The fraction of sp³-hybridized carbons (Fsp3) is 0.667. The first kappa shape index (κ1) is 10.8. The van der Waals surface area contributed by atoms with E-state index in [1.807, 2.05) is 0 Å². The highest BCUT2D eigenvalue weighted by Gasteiger charge is 1.89. The standard InChI is InChI=1S/C3H7NO3.Al.3H/c5-2-4-1-3(6)7;;;;/h4-5H,1-2H2,(H,6,7);;;;. The summed E-state index contributed by atoms with van der Waals surface area (Å²) in [7, 11) is 0. The molecule has 0 rings (SSSR count). The number of rotatable bonds is 3. The van der Waals surface area contributed by atoms with Gasteiger partial charge in [-0.15, -0.1) is 0 Å². The van der Waals surface area contributed by atoms with E-state index in [1.165, 1.54) is 0 Å². The Kier molecular flexibility index (Phi) is 9.37. The average molecular weight is 135 g/mol. The number of hydrogen-bond donors (Lipinski definition) is 3. The van der Waals surface area contributed by atoms with Crippen molar-refractivity contribution < 1.29 is 15.0 Å². The molecule has 0 aromatic rings. The Morgan fingerprint density at radius 2 is 2.12 bits per heavy atom. The van der Waals surface area contributed by atoms with Gasteiger partial charge in [0.15, 0.2) is 17.4 Å². The molecular formula is C3H10AlNO3. The smallest absolute Gasteiger partial charge is 0.317 e. The van der Waals surface area contributed by atoms with E-state index in [0.717, 1.165) is 0 Å². The Morgan fingerprint density at radius 3 is 2.25 bits per heavy atom. The highest BCUT2D eigenvalue weighted by molar-refractivity contribution is 5.75. The number of hydrogen-bond acceptors (Lipinski definition) is 3. The summed E-state index contributed by atoms with van der Waals surface area (Å²) in [5.41, 5.74) is 0. The van der Waals surface area contributed by atoms with Gasteiger partial charge in [-0.1, -0.05) is 0 Å². The van der Waals surface area contributed by atoms with E-state index in [0.29, 0.717) is 0 Å². The van der Waals surface area contributed by atoms with Crippen LogP contribution < -0.4 is 5.32 Å². The second-order valence-corrected chi connectivity index (χ2v) is 0.979. The summed E-state index contributed by atoms with van der Waals surface area (Å²) in [6.07, 6.45) is 0. The van der Waals surface area contributed by atoms with E-state index in [9.17, 15) is 4.79 Å². The first-order valence-corrected chi connectivity index (χ1v) is 1.80. The maximum absolute atomic E-state index is 9.58. The lowest BCUT2D eigenvalue weighted by atomic mass is 10.7. The van der Waals surface area contributed by atoms with E-state index in [4.69, 9.17) is 10.2 Å². The lowest BCUT2D eigenvalue weighted by Crippen LogP contribution is -2.22. The van der Waals surface area contributed by atoms with Gasteiger partial charge in [0.2, 0.25) is 0 Å². The molecule has 0 aromatic carbocycles. The fourth-order valence-electron chi connectivity index (χ4n) is 0.163. The van der Waals surface area contributed by atoms with E-state index in [-0.39, 0.29) is 30.6 Å². The van der Waals surface area contributed by atoms with Crippen molar-refractivity contribution in [1.82, 2.24) is 5.32 Å². The van der Waals surface area contributed by atoms with Crippen molar-refractivity contribution >= 4 is 23.3 Å².